The van der Waals surface area contributed by atoms with Crippen LogP contribution in [0.1, 0.15) is 12.8 Å². The van der Waals surface area contributed by atoms with Gasteiger partial charge in [-0.15, -0.1) is 0 Å². The number of hydrogen-bond donors (Lipinski definition) is 2. The Morgan fingerprint density at radius 1 is 1.31 bits per heavy atom. The van der Waals surface area contributed by atoms with Crippen LogP contribution in [-0.2, 0) is 4.74 Å². The van der Waals surface area contributed by atoms with Crippen LogP contribution < -0.4 is 11.1 Å². The predicted molar refractivity (Wildman–Crippen MR) is 46.2 cm³/mol. The average Bonchev–Trinajstić information content (AvgIpc) is 2.53. The largest absolute Gasteiger partial charge is 0.390 e. The van der Waals surface area contributed by atoms with Gasteiger partial charge in [0.2, 0.25) is 0 Å². The lowest BCUT2D eigenvalue weighted by atomic mass is 10.1. The Bertz CT molecular complexity index is 269. The molecule has 72 valence electrons. The van der Waals surface area contributed by atoms with Crippen LogP contribution in [0.5, 0.6) is 0 Å². The van der Waals surface area contributed by atoms with Gasteiger partial charge in [-0.1, -0.05) is 10.2 Å². The lowest BCUT2D eigenvalue weighted by Crippen LogP contribution is -2.27. The van der Waals surface area contributed by atoms with Gasteiger partial charge in [-0.05, 0) is 12.8 Å². The van der Waals surface area contributed by atoms with Crippen molar-refractivity contribution in [3.8, 4) is 0 Å². The lowest BCUT2D eigenvalue weighted by Gasteiger charge is -2.21. The van der Waals surface area contributed by atoms with Crippen molar-refractivity contribution in [1.82, 2.24) is 10.2 Å². The first-order valence-corrected chi connectivity index (χ1v) is 4.28. The first-order chi connectivity index (χ1) is 6.34. The molecular formula is C7H12N4O2. The quantitative estimate of drug-likeness (QED) is 0.684. The van der Waals surface area contributed by atoms with Crippen molar-refractivity contribution in [3.05, 3.63) is 0 Å². The maximum atomic E-state index is 5.28. The normalized spacial score (nSPS) is 18.8. The molecule has 0 aromatic carbocycles. The van der Waals surface area contributed by atoms with E-state index in [2.05, 4.69) is 15.5 Å². The van der Waals surface area contributed by atoms with Gasteiger partial charge < -0.3 is 20.2 Å². The number of nitrogens with zero attached hydrogens (tertiary/aromatic N) is 2. The molecule has 2 heterocycles. The van der Waals surface area contributed by atoms with Gasteiger partial charge >= 0.3 is 12.0 Å². The summed E-state index contributed by atoms with van der Waals surface area (Å²) in [5.74, 6) is 0. The maximum absolute atomic E-state index is 5.28. The summed E-state index contributed by atoms with van der Waals surface area (Å²) in [4.78, 5) is 0. The summed E-state index contributed by atoms with van der Waals surface area (Å²) >= 11 is 0. The summed E-state index contributed by atoms with van der Waals surface area (Å²) in [7, 11) is 0. The topological polar surface area (TPSA) is 86.2 Å². The Morgan fingerprint density at radius 3 is 2.69 bits per heavy atom. The van der Waals surface area contributed by atoms with Crippen molar-refractivity contribution in [3.63, 3.8) is 0 Å². The first-order valence-electron chi connectivity index (χ1n) is 4.28. The molecule has 13 heavy (non-hydrogen) atoms. The molecule has 2 rings (SSSR count). The number of nitrogens with one attached hydrogen (secondary N) is 1. The number of nitrogens with two attached hydrogens (primary N) is 1. The van der Waals surface area contributed by atoms with Gasteiger partial charge in [0, 0.05) is 19.3 Å². The Kier molecular flexibility index (Phi) is 2.31. The molecule has 1 saturated heterocycles. The highest BCUT2D eigenvalue weighted by molar-refractivity contribution is 5.24. The van der Waals surface area contributed by atoms with Crippen LogP contribution in [0.25, 0.3) is 0 Å². The molecule has 1 aliphatic rings. The SMILES string of the molecule is Nc1nnc(NC2CCOCC2)o1. The number of ether oxygens (including phenoxy) is 1. The zero-order valence-electron chi connectivity index (χ0n) is 7.19. The molecule has 1 aliphatic heterocycles. The number of rotatable bonds is 2. The van der Waals surface area contributed by atoms with E-state index in [0.29, 0.717) is 12.1 Å². The standard InChI is InChI=1S/C7H12N4O2/c8-6-10-11-7(13-6)9-5-1-3-12-4-2-5/h5H,1-4H2,(H2,8,10)(H,9,11). The van der Waals surface area contributed by atoms with Crippen molar-refractivity contribution in [2.75, 3.05) is 24.3 Å². The average molecular weight is 184 g/mol. The van der Waals surface area contributed by atoms with Crippen LogP contribution in [-0.4, -0.2) is 29.5 Å². The molecule has 0 saturated carbocycles. The van der Waals surface area contributed by atoms with Crippen LogP contribution >= 0.6 is 0 Å². The van der Waals surface area contributed by atoms with Gasteiger partial charge in [0.25, 0.3) is 0 Å². The van der Waals surface area contributed by atoms with Crippen LogP contribution in [0.3, 0.4) is 0 Å². The first kappa shape index (κ1) is 8.31. The summed E-state index contributed by atoms with van der Waals surface area (Å²) in [6, 6.07) is 0.840. The van der Waals surface area contributed by atoms with E-state index in [0.717, 1.165) is 26.1 Å². The van der Waals surface area contributed by atoms with Crippen molar-refractivity contribution < 1.29 is 9.15 Å². The summed E-state index contributed by atoms with van der Waals surface area (Å²) < 4.78 is 10.2. The molecule has 0 bridgehead atoms. The fraction of sp³-hybridized carbons (Fsp3) is 0.714. The van der Waals surface area contributed by atoms with Gasteiger partial charge in [-0.2, -0.15) is 0 Å². The van der Waals surface area contributed by atoms with Gasteiger partial charge in [0.05, 0.1) is 0 Å². The lowest BCUT2D eigenvalue weighted by molar-refractivity contribution is 0.0900. The van der Waals surface area contributed by atoms with Crippen LogP contribution in [0.4, 0.5) is 12.0 Å². The highest BCUT2D eigenvalue weighted by Gasteiger charge is 2.15. The summed E-state index contributed by atoms with van der Waals surface area (Å²) in [5, 5.41) is 10.4. The maximum Gasteiger partial charge on any atom is 0.317 e. The summed E-state index contributed by atoms with van der Waals surface area (Å²) in [5.41, 5.74) is 5.28. The second kappa shape index (κ2) is 3.61. The molecule has 6 heteroatoms. The van der Waals surface area contributed by atoms with Gasteiger partial charge in [-0.3, -0.25) is 0 Å². The molecule has 0 spiro atoms. The third kappa shape index (κ3) is 2.09. The molecule has 1 aromatic rings. The minimum absolute atomic E-state index is 0.0922. The van der Waals surface area contributed by atoms with Crippen LogP contribution in [0, 0.1) is 0 Å². The van der Waals surface area contributed by atoms with E-state index in [1.54, 1.807) is 0 Å². The molecule has 0 aliphatic carbocycles. The molecule has 0 unspecified atom stereocenters. The van der Waals surface area contributed by atoms with Crippen molar-refractivity contribution in [2.24, 2.45) is 0 Å². The minimum Gasteiger partial charge on any atom is -0.390 e. The summed E-state index contributed by atoms with van der Waals surface area (Å²) in [6.45, 7) is 1.56. The van der Waals surface area contributed by atoms with Crippen molar-refractivity contribution in [2.45, 2.75) is 18.9 Å². The van der Waals surface area contributed by atoms with Gasteiger partial charge in [0.15, 0.2) is 0 Å². The minimum atomic E-state index is 0.0922. The third-order valence-electron chi connectivity index (χ3n) is 1.99. The molecule has 6 nitrogen and oxygen atoms in total. The Labute approximate surface area is 75.5 Å². The molecule has 0 radical (unpaired) electrons. The second-order valence-corrected chi connectivity index (χ2v) is 2.98. The second-order valence-electron chi connectivity index (χ2n) is 2.98. The highest BCUT2D eigenvalue weighted by Crippen LogP contribution is 2.14. The highest BCUT2D eigenvalue weighted by atomic mass is 16.5. The van der Waals surface area contributed by atoms with E-state index in [1.165, 1.54) is 0 Å². The van der Waals surface area contributed by atoms with Crippen molar-refractivity contribution in [1.29, 1.82) is 0 Å². The molecule has 0 atom stereocenters. The van der Waals surface area contributed by atoms with E-state index < -0.39 is 0 Å². The fourth-order valence-corrected chi connectivity index (χ4v) is 1.31. The summed E-state index contributed by atoms with van der Waals surface area (Å²) in [6.07, 6.45) is 1.92. The fourth-order valence-electron chi connectivity index (χ4n) is 1.31. The third-order valence-corrected chi connectivity index (χ3v) is 1.99. The molecule has 0 amide bonds. The number of aromatic nitrogens is 2. The van der Waals surface area contributed by atoms with Crippen LogP contribution in [0.2, 0.25) is 0 Å². The molecular weight excluding hydrogens is 172 g/mol. The van der Waals surface area contributed by atoms with E-state index in [9.17, 15) is 0 Å². The zero-order valence-corrected chi connectivity index (χ0v) is 7.19. The molecule has 1 fully saturated rings. The van der Waals surface area contributed by atoms with E-state index in [4.69, 9.17) is 14.9 Å². The number of anilines is 2. The van der Waals surface area contributed by atoms with Crippen molar-refractivity contribution >= 4 is 12.0 Å². The van der Waals surface area contributed by atoms with Gasteiger partial charge in [-0.25, -0.2) is 0 Å². The van der Waals surface area contributed by atoms with E-state index in [-0.39, 0.29) is 6.01 Å². The predicted octanol–water partition coefficient (Wildman–Crippen LogP) is 0.243. The Morgan fingerprint density at radius 2 is 2.08 bits per heavy atom. The van der Waals surface area contributed by atoms with Gasteiger partial charge in [0.1, 0.15) is 0 Å². The Hall–Kier alpha value is -1.30. The van der Waals surface area contributed by atoms with Crippen LogP contribution in [0.15, 0.2) is 4.42 Å². The Balaban J connectivity index is 1.89. The monoisotopic (exact) mass is 184 g/mol. The zero-order chi connectivity index (χ0) is 9.10. The molecule has 1 aromatic heterocycles. The van der Waals surface area contributed by atoms with E-state index in [1.807, 2.05) is 0 Å². The number of hydrogen-bond acceptors (Lipinski definition) is 6. The smallest absolute Gasteiger partial charge is 0.317 e. The molecule has 3 N–H and O–H groups in total. The number of nitrogen functional groups attached to an aromatic ring is 1. The van der Waals surface area contributed by atoms with E-state index >= 15 is 0 Å².